The molecular weight excluding hydrogens is 220 g/mol. The second-order valence-corrected chi connectivity index (χ2v) is 4.32. The summed E-state index contributed by atoms with van der Waals surface area (Å²) in [7, 11) is 1.84. The lowest BCUT2D eigenvalue weighted by Gasteiger charge is -2.26. The minimum Gasteiger partial charge on any atom is -0.315 e. The van der Waals surface area contributed by atoms with E-state index in [2.05, 4.69) is 30.1 Å². The third kappa shape index (κ3) is 2.23. The van der Waals surface area contributed by atoms with Crippen LogP contribution in [0.15, 0.2) is 18.2 Å². The summed E-state index contributed by atoms with van der Waals surface area (Å²) in [6, 6.07) is 6.26. The normalized spacial score (nSPS) is 15.1. The number of nitrogens with zero attached hydrogens (tertiary/aromatic N) is 1. The highest BCUT2D eigenvalue weighted by molar-refractivity contribution is 7.80. The maximum atomic E-state index is 11.5. The van der Waals surface area contributed by atoms with Gasteiger partial charge in [-0.1, -0.05) is 12.1 Å². The predicted octanol–water partition coefficient (Wildman–Crippen LogP) is 1.57. The minimum absolute atomic E-state index is 0.203. The second kappa shape index (κ2) is 4.89. The summed E-state index contributed by atoms with van der Waals surface area (Å²) in [5.41, 5.74) is 3.56. The van der Waals surface area contributed by atoms with Crippen LogP contribution in [0.4, 0.5) is 5.69 Å². The largest absolute Gasteiger partial charge is 0.315 e. The van der Waals surface area contributed by atoms with Crippen LogP contribution in [0.3, 0.4) is 0 Å². The molecule has 4 heteroatoms. The maximum absolute atomic E-state index is 11.5. The quantitative estimate of drug-likeness (QED) is 0.617. The zero-order valence-corrected chi connectivity index (χ0v) is 10.3. The van der Waals surface area contributed by atoms with Crippen molar-refractivity contribution in [3.63, 3.8) is 0 Å². The molecule has 0 fully saturated rings. The number of thiol groups is 1. The molecule has 1 aliphatic rings. The fourth-order valence-electron chi connectivity index (χ4n) is 2.02. The first kappa shape index (κ1) is 11.5. The molecule has 86 valence electrons. The van der Waals surface area contributed by atoms with Crippen LogP contribution >= 0.6 is 12.6 Å². The highest BCUT2D eigenvalue weighted by atomic mass is 32.1. The van der Waals surface area contributed by atoms with E-state index in [1.807, 2.05) is 13.1 Å². The fourth-order valence-corrected chi connectivity index (χ4v) is 2.13. The summed E-state index contributed by atoms with van der Waals surface area (Å²) in [6.07, 6.45) is 1.47. The van der Waals surface area contributed by atoms with E-state index < -0.39 is 0 Å². The van der Waals surface area contributed by atoms with Gasteiger partial charge in [0, 0.05) is 31.6 Å². The Morgan fingerprint density at radius 2 is 2.25 bits per heavy atom. The van der Waals surface area contributed by atoms with E-state index in [1.165, 1.54) is 11.1 Å². The van der Waals surface area contributed by atoms with Gasteiger partial charge < -0.3 is 10.2 Å². The molecule has 1 N–H and O–H groups in total. The van der Waals surface area contributed by atoms with Crippen LogP contribution in [0.2, 0.25) is 0 Å². The summed E-state index contributed by atoms with van der Waals surface area (Å²) in [6.45, 7) is 0.828. The monoisotopic (exact) mass is 236 g/mol. The third-order valence-electron chi connectivity index (χ3n) is 2.93. The lowest BCUT2D eigenvalue weighted by molar-refractivity contribution is -0.118. The van der Waals surface area contributed by atoms with Crippen molar-refractivity contribution in [2.75, 3.05) is 17.8 Å². The zero-order valence-electron chi connectivity index (χ0n) is 9.36. The molecule has 1 amide bonds. The number of amides is 1. The Morgan fingerprint density at radius 1 is 1.44 bits per heavy atom. The number of fused-ring (bicyclic) bond motifs is 1. The molecule has 0 radical (unpaired) electrons. The average Bonchev–Trinajstić information content (AvgIpc) is 2.31. The van der Waals surface area contributed by atoms with E-state index in [1.54, 1.807) is 4.90 Å². The molecule has 16 heavy (non-hydrogen) atoms. The Hall–Kier alpha value is -1.00. The van der Waals surface area contributed by atoms with Crippen molar-refractivity contribution in [1.82, 2.24) is 5.32 Å². The van der Waals surface area contributed by atoms with Crippen molar-refractivity contribution in [2.24, 2.45) is 0 Å². The number of hydrogen-bond donors (Lipinski definition) is 2. The van der Waals surface area contributed by atoms with Gasteiger partial charge in [0.05, 0.1) is 0 Å². The molecule has 1 heterocycles. The molecule has 0 atom stereocenters. The SMILES string of the molecule is CN1C(=O)CCc2cc(CNCS)ccc21. The van der Waals surface area contributed by atoms with Crippen LogP contribution in [0.5, 0.6) is 0 Å². The molecular formula is C12H16N2OS. The summed E-state index contributed by atoms with van der Waals surface area (Å²) in [5, 5.41) is 3.17. The Kier molecular flexibility index (Phi) is 3.51. The van der Waals surface area contributed by atoms with E-state index in [4.69, 9.17) is 0 Å². The van der Waals surface area contributed by atoms with Crippen molar-refractivity contribution in [3.05, 3.63) is 29.3 Å². The highest BCUT2D eigenvalue weighted by Gasteiger charge is 2.20. The van der Waals surface area contributed by atoms with Gasteiger partial charge >= 0.3 is 0 Å². The lowest BCUT2D eigenvalue weighted by atomic mass is 9.99. The van der Waals surface area contributed by atoms with E-state index in [-0.39, 0.29) is 5.91 Å². The van der Waals surface area contributed by atoms with Gasteiger partial charge in [0.15, 0.2) is 0 Å². The number of anilines is 1. The summed E-state index contributed by atoms with van der Waals surface area (Å²) >= 11 is 4.11. The van der Waals surface area contributed by atoms with Crippen LogP contribution in [-0.2, 0) is 17.8 Å². The molecule has 0 aliphatic carbocycles. The van der Waals surface area contributed by atoms with Crippen LogP contribution in [0, 0.1) is 0 Å². The van der Waals surface area contributed by atoms with Crippen molar-refractivity contribution < 1.29 is 4.79 Å². The topological polar surface area (TPSA) is 32.3 Å². The van der Waals surface area contributed by atoms with Gasteiger partial charge in [0.1, 0.15) is 0 Å². The van der Waals surface area contributed by atoms with Crippen molar-refractivity contribution in [2.45, 2.75) is 19.4 Å². The van der Waals surface area contributed by atoms with Crippen LogP contribution in [0.25, 0.3) is 0 Å². The van der Waals surface area contributed by atoms with Gasteiger partial charge in [-0.15, -0.1) is 0 Å². The van der Waals surface area contributed by atoms with Gasteiger partial charge in [0.2, 0.25) is 5.91 Å². The Bertz CT molecular complexity index is 406. The van der Waals surface area contributed by atoms with Crippen molar-refractivity contribution in [3.8, 4) is 0 Å². The molecule has 3 nitrogen and oxygen atoms in total. The maximum Gasteiger partial charge on any atom is 0.227 e. The molecule has 0 saturated heterocycles. The number of rotatable bonds is 3. The standard InChI is InChI=1S/C12H16N2OS/c1-14-11-4-2-9(7-13-8-16)6-10(11)3-5-12(14)15/h2,4,6,13,16H,3,5,7-8H2,1H3. The molecule has 0 spiro atoms. The van der Waals surface area contributed by atoms with E-state index in [0.29, 0.717) is 12.3 Å². The summed E-state index contributed by atoms with van der Waals surface area (Å²) in [5.74, 6) is 0.879. The van der Waals surface area contributed by atoms with Crippen molar-refractivity contribution >= 4 is 24.2 Å². The third-order valence-corrected chi connectivity index (χ3v) is 3.15. The Balaban J connectivity index is 2.23. The first-order valence-corrected chi connectivity index (χ1v) is 6.05. The van der Waals surface area contributed by atoms with E-state index >= 15 is 0 Å². The Morgan fingerprint density at radius 3 is 3.00 bits per heavy atom. The molecule has 1 aromatic carbocycles. The number of aryl methyl sites for hydroxylation is 1. The number of nitrogens with one attached hydrogen (secondary N) is 1. The van der Waals surface area contributed by atoms with Gasteiger partial charge in [-0.25, -0.2) is 0 Å². The van der Waals surface area contributed by atoms with Gasteiger partial charge in [0.25, 0.3) is 0 Å². The molecule has 0 bridgehead atoms. The number of benzene rings is 1. The number of carbonyl (C=O) groups is 1. The smallest absolute Gasteiger partial charge is 0.227 e. The number of hydrogen-bond acceptors (Lipinski definition) is 3. The fraction of sp³-hybridized carbons (Fsp3) is 0.417. The average molecular weight is 236 g/mol. The number of carbonyl (C=O) groups excluding carboxylic acids is 1. The van der Waals surface area contributed by atoms with Crippen LogP contribution in [-0.4, -0.2) is 18.8 Å². The van der Waals surface area contributed by atoms with E-state index in [0.717, 1.165) is 18.7 Å². The molecule has 2 rings (SSSR count). The first-order chi connectivity index (χ1) is 7.72. The molecule has 1 aromatic rings. The summed E-state index contributed by atoms with van der Waals surface area (Å²) in [4.78, 5) is 13.3. The predicted molar refractivity (Wildman–Crippen MR) is 68.9 cm³/mol. The second-order valence-electron chi connectivity index (χ2n) is 4.00. The van der Waals surface area contributed by atoms with Gasteiger partial charge in [-0.2, -0.15) is 12.6 Å². The molecule has 1 aliphatic heterocycles. The van der Waals surface area contributed by atoms with Gasteiger partial charge in [-0.3, -0.25) is 4.79 Å². The first-order valence-electron chi connectivity index (χ1n) is 5.42. The Labute approximate surface area is 101 Å². The molecule has 0 saturated carbocycles. The van der Waals surface area contributed by atoms with E-state index in [9.17, 15) is 4.79 Å². The van der Waals surface area contributed by atoms with Gasteiger partial charge in [-0.05, 0) is 23.6 Å². The highest BCUT2D eigenvalue weighted by Crippen LogP contribution is 2.27. The molecule has 0 unspecified atom stereocenters. The minimum atomic E-state index is 0.203. The lowest BCUT2D eigenvalue weighted by Crippen LogP contribution is -2.31. The summed E-state index contributed by atoms with van der Waals surface area (Å²) < 4.78 is 0. The zero-order chi connectivity index (χ0) is 11.5. The van der Waals surface area contributed by atoms with Crippen LogP contribution < -0.4 is 10.2 Å². The van der Waals surface area contributed by atoms with Crippen molar-refractivity contribution in [1.29, 1.82) is 0 Å². The van der Waals surface area contributed by atoms with Crippen LogP contribution in [0.1, 0.15) is 17.5 Å². The molecule has 0 aromatic heterocycles.